The van der Waals surface area contributed by atoms with Crippen LogP contribution in [0.2, 0.25) is 0 Å². The van der Waals surface area contributed by atoms with Crippen LogP contribution in [0.1, 0.15) is 41.6 Å². The molecule has 2 unspecified atom stereocenters. The van der Waals surface area contributed by atoms with Gasteiger partial charge in [-0.2, -0.15) is 0 Å². The number of rotatable bonds is 6. The summed E-state index contributed by atoms with van der Waals surface area (Å²) in [6, 6.07) is 28.4. The number of benzene rings is 3. The second-order valence-electron chi connectivity index (χ2n) is 7.75. The minimum absolute atomic E-state index is 0.355. The quantitative estimate of drug-likeness (QED) is 0.579. The van der Waals surface area contributed by atoms with Crippen LogP contribution in [0.15, 0.2) is 91.0 Å². The third kappa shape index (κ3) is 3.73. The molecule has 0 aliphatic heterocycles. The van der Waals surface area contributed by atoms with Crippen molar-refractivity contribution in [2.45, 2.75) is 24.9 Å². The highest BCUT2D eigenvalue weighted by Gasteiger charge is 2.59. The molecule has 1 fully saturated rings. The summed E-state index contributed by atoms with van der Waals surface area (Å²) < 4.78 is 5.84. The highest BCUT2D eigenvalue weighted by Crippen LogP contribution is 2.58. The second-order valence-corrected chi connectivity index (χ2v) is 7.75. The Hall–Kier alpha value is -3.40. The van der Waals surface area contributed by atoms with Gasteiger partial charge in [-0.05, 0) is 23.6 Å². The minimum Gasteiger partial charge on any atom is -0.481 e. The van der Waals surface area contributed by atoms with E-state index in [9.17, 15) is 14.7 Å². The number of ether oxygens (including phenoxy) is 1. The van der Waals surface area contributed by atoms with E-state index in [0.717, 1.165) is 16.7 Å². The van der Waals surface area contributed by atoms with Crippen molar-refractivity contribution < 1.29 is 19.4 Å². The lowest BCUT2D eigenvalue weighted by Gasteiger charge is -2.49. The molecular formula is C26H24O4. The maximum Gasteiger partial charge on any atom is 0.310 e. The van der Waals surface area contributed by atoms with Gasteiger partial charge >= 0.3 is 11.9 Å². The van der Waals surface area contributed by atoms with Crippen LogP contribution in [-0.2, 0) is 14.3 Å². The van der Waals surface area contributed by atoms with Gasteiger partial charge in [-0.1, -0.05) is 91.0 Å². The number of esters is 1. The lowest BCUT2D eigenvalue weighted by atomic mass is 9.52. The number of carbonyl (C=O) groups is 2. The van der Waals surface area contributed by atoms with E-state index >= 15 is 0 Å². The molecule has 0 amide bonds. The van der Waals surface area contributed by atoms with Crippen LogP contribution in [0.3, 0.4) is 0 Å². The molecule has 4 heteroatoms. The van der Waals surface area contributed by atoms with E-state index in [1.165, 1.54) is 0 Å². The molecule has 0 spiro atoms. The monoisotopic (exact) mass is 400 g/mol. The lowest BCUT2D eigenvalue weighted by Crippen LogP contribution is -2.51. The van der Waals surface area contributed by atoms with Crippen LogP contribution in [0.5, 0.6) is 0 Å². The predicted molar refractivity (Wildman–Crippen MR) is 114 cm³/mol. The van der Waals surface area contributed by atoms with Crippen LogP contribution in [-0.4, -0.2) is 17.0 Å². The molecule has 0 radical (unpaired) electrons. The molecule has 4 rings (SSSR count). The van der Waals surface area contributed by atoms with Crippen LogP contribution < -0.4 is 0 Å². The number of carboxylic acid groups (broad SMARTS) is 1. The molecular weight excluding hydrogens is 376 g/mol. The molecule has 1 aliphatic carbocycles. The van der Waals surface area contributed by atoms with Gasteiger partial charge in [0.1, 0.15) is 6.10 Å². The topological polar surface area (TPSA) is 63.6 Å². The van der Waals surface area contributed by atoms with Crippen LogP contribution in [0.25, 0.3) is 0 Å². The Morgan fingerprint density at radius 2 is 1.17 bits per heavy atom. The van der Waals surface area contributed by atoms with Gasteiger partial charge in [-0.3, -0.25) is 9.59 Å². The van der Waals surface area contributed by atoms with Gasteiger partial charge in [0.15, 0.2) is 0 Å². The Bertz CT molecular complexity index is 953. The molecule has 1 N–H and O–H groups in total. The number of hydrogen-bond donors (Lipinski definition) is 1. The fourth-order valence-corrected chi connectivity index (χ4v) is 4.57. The molecule has 3 aromatic rings. The van der Waals surface area contributed by atoms with E-state index in [1.807, 2.05) is 97.9 Å². The summed E-state index contributed by atoms with van der Waals surface area (Å²) in [5.74, 6) is -3.33. The highest BCUT2D eigenvalue weighted by molar-refractivity contribution is 5.84. The number of hydrogen-bond acceptors (Lipinski definition) is 3. The highest BCUT2D eigenvalue weighted by atomic mass is 16.5. The molecule has 0 saturated heterocycles. The molecule has 3 aromatic carbocycles. The van der Waals surface area contributed by atoms with Gasteiger partial charge in [-0.25, -0.2) is 0 Å². The first-order valence-electron chi connectivity index (χ1n) is 10.2. The molecule has 152 valence electrons. The standard InChI is InChI=1S/C26H24O4/c1-17(18-11-5-2-6-12-18)30-26(29)24-21(19-13-7-3-8-14-19)23(25(27)28)22(24)20-15-9-4-10-16-20/h2-17,21-24H,1H3,(H,27,28)/t17-,21+,22?,23-,24?/m0/s1. The average Bonchev–Trinajstić information content (AvgIpc) is 2.75. The van der Waals surface area contributed by atoms with Crippen molar-refractivity contribution in [3.8, 4) is 0 Å². The summed E-state index contributed by atoms with van der Waals surface area (Å²) in [7, 11) is 0. The van der Waals surface area contributed by atoms with Gasteiger partial charge in [0.05, 0.1) is 11.8 Å². The van der Waals surface area contributed by atoms with Crippen molar-refractivity contribution in [3.05, 3.63) is 108 Å². The van der Waals surface area contributed by atoms with Gasteiger partial charge in [0.2, 0.25) is 0 Å². The summed E-state index contributed by atoms with van der Waals surface area (Å²) in [6.45, 7) is 1.84. The van der Waals surface area contributed by atoms with Crippen molar-refractivity contribution in [1.29, 1.82) is 0 Å². The predicted octanol–water partition coefficient (Wildman–Crippen LogP) is 5.19. The minimum atomic E-state index is -0.891. The van der Waals surface area contributed by atoms with Crippen molar-refractivity contribution in [1.82, 2.24) is 0 Å². The summed E-state index contributed by atoms with van der Waals surface area (Å²) in [4.78, 5) is 25.5. The third-order valence-electron chi connectivity index (χ3n) is 6.04. The first kappa shape index (κ1) is 19.9. The van der Waals surface area contributed by atoms with E-state index in [4.69, 9.17) is 4.74 Å². The van der Waals surface area contributed by atoms with E-state index in [-0.39, 0.29) is 5.97 Å². The SMILES string of the molecule is C[C@H](OC(=O)C1C(c2ccccc2)[C@@H](C(=O)O)[C@H]1c1ccccc1)c1ccccc1. The van der Waals surface area contributed by atoms with Crippen LogP contribution in [0, 0.1) is 11.8 Å². The summed E-state index contributed by atoms with van der Waals surface area (Å²) >= 11 is 0. The number of carboxylic acids is 1. The largest absolute Gasteiger partial charge is 0.481 e. The first-order valence-corrected chi connectivity index (χ1v) is 10.2. The van der Waals surface area contributed by atoms with Crippen molar-refractivity contribution in [2.24, 2.45) is 11.8 Å². The number of carbonyl (C=O) groups excluding carboxylic acids is 1. The van der Waals surface area contributed by atoms with E-state index < -0.39 is 35.7 Å². The summed E-state index contributed by atoms with van der Waals surface area (Å²) in [5.41, 5.74) is 2.62. The zero-order valence-electron chi connectivity index (χ0n) is 16.7. The smallest absolute Gasteiger partial charge is 0.310 e. The van der Waals surface area contributed by atoms with Crippen LogP contribution in [0.4, 0.5) is 0 Å². The van der Waals surface area contributed by atoms with Gasteiger partial charge < -0.3 is 9.84 Å². The zero-order chi connectivity index (χ0) is 21.1. The fourth-order valence-electron chi connectivity index (χ4n) is 4.57. The number of aliphatic carboxylic acids is 1. The molecule has 5 atom stereocenters. The lowest BCUT2D eigenvalue weighted by molar-refractivity contribution is -0.167. The maximum absolute atomic E-state index is 13.3. The van der Waals surface area contributed by atoms with Crippen molar-refractivity contribution in [3.63, 3.8) is 0 Å². The molecule has 1 aliphatic rings. The van der Waals surface area contributed by atoms with E-state index in [0.29, 0.717) is 0 Å². The fraction of sp³-hybridized carbons (Fsp3) is 0.231. The summed E-state index contributed by atoms with van der Waals surface area (Å²) in [6.07, 6.45) is -0.407. The third-order valence-corrected chi connectivity index (χ3v) is 6.04. The molecule has 1 saturated carbocycles. The molecule has 30 heavy (non-hydrogen) atoms. The first-order chi connectivity index (χ1) is 14.6. The van der Waals surface area contributed by atoms with Gasteiger partial charge in [0, 0.05) is 11.8 Å². The molecule has 0 heterocycles. The van der Waals surface area contributed by atoms with Crippen LogP contribution >= 0.6 is 0 Å². The van der Waals surface area contributed by atoms with E-state index in [2.05, 4.69) is 0 Å². The second kappa shape index (κ2) is 8.54. The summed E-state index contributed by atoms with van der Waals surface area (Å²) in [5, 5.41) is 10.0. The molecule has 4 nitrogen and oxygen atoms in total. The van der Waals surface area contributed by atoms with Crippen molar-refractivity contribution in [2.75, 3.05) is 0 Å². The Morgan fingerprint density at radius 1 is 0.733 bits per heavy atom. The Morgan fingerprint density at radius 3 is 1.60 bits per heavy atom. The zero-order valence-corrected chi connectivity index (χ0v) is 16.7. The van der Waals surface area contributed by atoms with E-state index in [1.54, 1.807) is 0 Å². The Balaban J connectivity index is 1.68. The average molecular weight is 400 g/mol. The Labute approximate surface area is 176 Å². The Kier molecular flexibility index (Phi) is 5.66. The normalized spacial score (nSPS) is 23.8. The van der Waals surface area contributed by atoms with Gasteiger partial charge in [-0.15, -0.1) is 0 Å². The maximum atomic E-state index is 13.3. The van der Waals surface area contributed by atoms with Gasteiger partial charge in [0.25, 0.3) is 0 Å². The molecule has 0 bridgehead atoms. The van der Waals surface area contributed by atoms with Crippen molar-refractivity contribution >= 4 is 11.9 Å². The molecule has 0 aromatic heterocycles.